The number of ether oxygens (including phenoxy) is 1. The van der Waals surface area contributed by atoms with Crippen molar-refractivity contribution in [3.05, 3.63) is 170 Å². The third kappa shape index (κ3) is 11.1. The minimum absolute atomic E-state index is 0.265. The zero-order valence-corrected chi connectivity index (χ0v) is 24.1. The lowest BCUT2D eigenvalue weighted by Crippen LogP contribution is -2.08. The van der Waals surface area contributed by atoms with Crippen molar-refractivity contribution in [2.75, 3.05) is 6.79 Å². The molecule has 5 rings (SSSR count). The van der Waals surface area contributed by atoms with Gasteiger partial charge in [-0.1, -0.05) is 159 Å². The number of hydrogen-bond donors (Lipinski definition) is 0. The number of carbonyl (C=O) groups is 1. The van der Waals surface area contributed by atoms with Crippen molar-refractivity contribution in [3.63, 3.8) is 0 Å². The molecule has 0 fully saturated rings. The van der Waals surface area contributed by atoms with Gasteiger partial charge in [-0.2, -0.15) is 0 Å². The molecule has 0 N–H and O–H groups in total. The summed E-state index contributed by atoms with van der Waals surface area (Å²) in [7, 11) is 0. The first-order valence-corrected chi connectivity index (χ1v) is 13.5. The number of benzene rings is 5. The molecule has 0 unspecified atom stereocenters. The highest BCUT2D eigenvalue weighted by atomic mass is 17.2. The fourth-order valence-electron chi connectivity index (χ4n) is 3.70. The minimum Gasteiger partial charge on any atom is -0.431 e. The second-order valence-corrected chi connectivity index (χ2v) is 9.27. The van der Waals surface area contributed by atoms with Crippen molar-refractivity contribution in [1.29, 1.82) is 0 Å². The zero-order valence-electron chi connectivity index (χ0n) is 24.1. The summed E-state index contributed by atoms with van der Waals surface area (Å²) in [6, 6.07) is 50.4. The van der Waals surface area contributed by atoms with Gasteiger partial charge in [-0.25, -0.2) is 4.79 Å². The van der Waals surface area contributed by atoms with Crippen LogP contribution in [-0.4, -0.2) is 12.8 Å². The van der Waals surface area contributed by atoms with Crippen LogP contribution in [0.25, 0.3) is 33.4 Å². The van der Waals surface area contributed by atoms with E-state index in [9.17, 15) is 4.79 Å². The Labute approximate surface area is 249 Å². The molecule has 42 heavy (non-hydrogen) atoms. The van der Waals surface area contributed by atoms with Crippen molar-refractivity contribution >= 4 is 5.97 Å². The normalized spacial score (nSPS) is 9.67. The van der Waals surface area contributed by atoms with Gasteiger partial charge in [0, 0.05) is 5.57 Å². The van der Waals surface area contributed by atoms with Gasteiger partial charge in [-0.15, -0.1) is 4.89 Å². The van der Waals surface area contributed by atoms with Crippen LogP contribution in [0.5, 0.6) is 0 Å². The summed E-state index contributed by atoms with van der Waals surface area (Å²) < 4.78 is 4.53. The molecule has 0 amide bonds. The Morgan fingerprint density at radius 3 is 1.05 bits per heavy atom. The Hall–Kier alpha value is -5.19. The van der Waals surface area contributed by atoms with Crippen LogP contribution in [-0.2, 0) is 19.3 Å². The minimum atomic E-state index is -0.514. The van der Waals surface area contributed by atoms with Gasteiger partial charge >= 0.3 is 5.97 Å². The van der Waals surface area contributed by atoms with E-state index in [4.69, 9.17) is 0 Å². The number of rotatable bonds is 8. The molecule has 0 aliphatic rings. The van der Waals surface area contributed by atoms with E-state index in [0.717, 1.165) is 0 Å². The zero-order chi connectivity index (χ0) is 30.0. The molecule has 0 aliphatic carbocycles. The van der Waals surface area contributed by atoms with Gasteiger partial charge in [0.05, 0.1) is 0 Å². The number of allylic oxidation sites excluding steroid dienone is 1. The molecule has 0 aliphatic heterocycles. The smallest absolute Gasteiger partial charge is 0.335 e. The maximum atomic E-state index is 10.7. The number of carbonyl (C=O) groups excluding carboxylic acids is 1. The van der Waals surface area contributed by atoms with E-state index in [-0.39, 0.29) is 6.79 Å². The van der Waals surface area contributed by atoms with Crippen LogP contribution >= 0.6 is 0 Å². The first-order valence-electron chi connectivity index (χ1n) is 13.5. The summed E-state index contributed by atoms with van der Waals surface area (Å²) in [5.41, 5.74) is 7.91. The summed E-state index contributed by atoms with van der Waals surface area (Å²) in [5.74, 6) is -0.123. The summed E-state index contributed by atoms with van der Waals surface area (Å²) in [4.78, 5) is 19.6. The Bertz CT molecular complexity index is 1400. The molecular weight excluding hydrogens is 520 g/mol. The van der Waals surface area contributed by atoms with Crippen LogP contribution in [0.1, 0.15) is 13.8 Å². The molecule has 5 aromatic carbocycles. The van der Waals surface area contributed by atoms with Crippen LogP contribution in [0.2, 0.25) is 0 Å². The molecule has 0 saturated heterocycles. The lowest BCUT2D eigenvalue weighted by atomic mass is 10.0. The van der Waals surface area contributed by atoms with Crippen molar-refractivity contribution in [1.82, 2.24) is 0 Å². The van der Waals surface area contributed by atoms with Crippen LogP contribution < -0.4 is 0 Å². The van der Waals surface area contributed by atoms with Gasteiger partial charge in [0.2, 0.25) is 6.79 Å². The lowest BCUT2D eigenvalue weighted by molar-refractivity contribution is -0.302. The van der Waals surface area contributed by atoms with Crippen LogP contribution in [0, 0.1) is 0 Å². The van der Waals surface area contributed by atoms with E-state index in [2.05, 4.69) is 149 Å². The Morgan fingerprint density at radius 1 is 0.500 bits per heavy atom. The third-order valence-electron chi connectivity index (χ3n) is 5.77. The van der Waals surface area contributed by atoms with Gasteiger partial charge < -0.3 is 9.62 Å². The quantitative estimate of drug-likeness (QED) is 0.0363. The summed E-state index contributed by atoms with van der Waals surface area (Å²) in [5, 5.41) is 0. The average Bonchev–Trinajstić information content (AvgIpc) is 3.05. The highest BCUT2D eigenvalue weighted by molar-refractivity contribution is 5.86. The largest absolute Gasteiger partial charge is 0.431 e. The van der Waals surface area contributed by atoms with E-state index in [1.54, 1.807) is 13.8 Å². The molecule has 5 aromatic rings. The molecule has 0 atom stereocenters. The molecule has 0 saturated carbocycles. The molecule has 0 radical (unpaired) electrons. The highest BCUT2D eigenvalue weighted by Crippen LogP contribution is 2.24. The molecule has 4 nitrogen and oxygen atoms in total. The van der Waals surface area contributed by atoms with Crippen LogP contribution in [0.3, 0.4) is 0 Å². The number of esters is 1. The van der Waals surface area contributed by atoms with Crippen molar-refractivity contribution in [3.8, 4) is 33.4 Å². The predicted molar refractivity (Wildman–Crippen MR) is 172 cm³/mol. The second-order valence-electron chi connectivity index (χ2n) is 9.27. The molecule has 4 heteroatoms. The van der Waals surface area contributed by atoms with Gasteiger partial charge in [0.15, 0.2) is 0 Å². The predicted octanol–water partition coefficient (Wildman–Crippen LogP) is 9.92. The van der Waals surface area contributed by atoms with Crippen LogP contribution in [0.4, 0.5) is 0 Å². The Morgan fingerprint density at radius 2 is 0.786 bits per heavy atom. The Kier molecular flexibility index (Phi) is 13.1. The first-order chi connectivity index (χ1) is 20.4. The monoisotopic (exact) mass is 556 g/mol. The second kappa shape index (κ2) is 17.5. The Balaban J connectivity index is 0.000000180. The average molecular weight is 557 g/mol. The molecule has 0 bridgehead atoms. The SMILES string of the molecule is C=C(C)OOCOC(=O)C(=C)C.c1ccc(-c2ccc(-c3ccccc3)cc2)cc1.c1ccc(-c2ccccc2)cc1. The fourth-order valence-corrected chi connectivity index (χ4v) is 3.70. The highest BCUT2D eigenvalue weighted by Gasteiger charge is 2.02. The maximum Gasteiger partial charge on any atom is 0.335 e. The molecular formula is C38H36O4. The van der Waals surface area contributed by atoms with Gasteiger partial charge in [0.25, 0.3) is 0 Å². The summed E-state index contributed by atoms with van der Waals surface area (Å²) >= 11 is 0. The fraction of sp³-hybridized carbons (Fsp3) is 0.0789. The summed E-state index contributed by atoms with van der Waals surface area (Å²) in [6.07, 6.45) is 0. The molecule has 0 heterocycles. The lowest BCUT2D eigenvalue weighted by Gasteiger charge is -2.04. The van der Waals surface area contributed by atoms with E-state index < -0.39 is 5.97 Å². The standard InChI is InChI=1S/C18H14.C12H10.C8H12O4/c1-3-7-15(8-4-1)17-11-13-18(14-12-17)16-9-5-2-6-10-16;1-3-7-11(8-4-1)12-9-5-2-6-10-12;1-6(2)8(9)10-5-11-12-7(3)4/h1-14H;1-10H;1,3,5H2,2,4H3. The summed E-state index contributed by atoms with van der Waals surface area (Å²) in [6.45, 7) is 9.67. The van der Waals surface area contributed by atoms with Crippen molar-refractivity contribution in [2.24, 2.45) is 0 Å². The third-order valence-corrected chi connectivity index (χ3v) is 5.77. The molecule has 0 aromatic heterocycles. The van der Waals surface area contributed by atoms with Crippen molar-refractivity contribution in [2.45, 2.75) is 13.8 Å². The maximum absolute atomic E-state index is 10.7. The first kappa shape index (κ1) is 31.3. The topological polar surface area (TPSA) is 44.8 Å². The molecule has 0 spiro atoms. The van der Waals surface area contributed by atoms with E-state index >= 15 is 0 Å². The van der Waals surface area contributed by atoms with E-state index in [0.29, 0.717) is 11.3 Å². The van der Waals surface area contributed by atoms with E-state index in [1.165, 1.54) is 33.4 Å². The van der Waals surface area contributed by atoms with Gasteiger partial charge in [-0.05, 0) is 47.2 Å². The van der Waals surface area contributed by atoms with Gasteiger partial charge in [-0.3, -0.25) is 0 Å². The van der Waals surface area contributed by atoms with E-state index in [1.807, 2.05) is 24.3 Å². The van der Waals surface area contributed by atoms with Gasteiger partial charge in [0.1, 0.15) is 5.76 Å². The molecule has 212 valence electrons. The van der Waals surface area contributed by atoms with Crippen LogP contribution in [0.15, 0.2) is 170 Å². The van der Waals surface area contributed by atoms with Crippen molar-refractivity contribution < 1.29 is 19.3 Å². The number of hydrogen-bond acceptors (Lipinski definition) is 4.